The van der Waals surface area contributed by atoms with E-state index >= 15 is 0 Å². The van der Waals surface area contributed by atoms with Crippen LogP contribution < -0.4 is 9.47 Å². The minimum atomic E-state index is 0.437. The lowest BCUT2D eigenvalue weighted by Gasteiger charge is -2.19. The summed E-state index contributed by atoms with van der Waals surface area (Å²) in [6.07, 6.45) is 0. The summed E-state index contributed by atoms with van der Waals surface area (Å²) >= 11 is 6.84. The van der Waals surface area contributed by atoms with E-state index in [1.54, 1.807) is 0 Å². The van der Waals surface area contributed by atoms with E-state index in [0.717, 1.165) is 44.2 Å². The number of hydrogen-bond acceptors (Lipinski definition) is 2. The highest BCUT2D eigenvalue weighted by molar-refractivity contribution is 6.37. The first-order chi connectivity index (χ1) is 19.2. The average molecular weight is 525 g/mol. The molecule has 0 unspecified atom stereocenters. The van der Waals surface area contributed by atoms with Gasteiger partial charge in [0.05, 0.1) is 5.02 Å². The summed E-state index contributed by atoms with van der Waals surface area (Å²) in [6, 6.07) is 43.8. The van der Waals surface area contributed by atoms with Gasteiger partial charge in [-0.1, -0.05) is 121 Å². The summed E-state index contributed by atoms with van der Waals surface area (Å²) in [5.41, 5.74) is 2.22. The number of halogens is 1. The lowest BCUT2D eigenvalue weighted by Crippen LogP contribution is -2.01. The van der Waals surface area contributed by atoms with Gasteiger partial charge in [0, 0.05) is 21.5 Å². The quantitative estimate of drug-likeness (QED) is 0.201. The van der Waals surface area contributed by atoms with E-state index in [1.807, 2.05) is 24.3 Å². The van der Waals surface area contributed by atoms with Gasteiger partial charge in [0.1, 0.15) is 24.7 Å². The van der Waals surface area contributed by atoms with Crippen molar-refractivity contribution in [3.63, 3.8) is 0 Å². The molecule has 7 rings (SSSR count). The minimum absolute atomic E-state index is 0.437. The lowest BCUT2D eigenvalue weighted by atomic mass is 10.00. The van der Waals surface area contributed by atoms with Gasteiger partial charge in [-0.3, -0.25) is 0 Å². The highest BCUT2D eigenvalue weighted by Gasteiger charge is 2.18. The zero-order valence-corrected chi connectivity index (χ0v) is 22.0. The second kappa shape index (κ2) is 9.98. The standard InChI is InChI=1S/C36H25ClO2/c37-33-15-7-14-32-34(33)36(39-23-25-17-19-27-9-2-4-11-29(27)21-25)31-13-6-5-12-30(31)35(32)38-22-24-16-18-26-8-1-3-10-28(26)20-24/h1-21H,22-23H2. The van der Waals surface area contributed by atoms with Gasteiger partial charge < -0.3 is 9.47 Å². The summed E-state index contributed by atoms with van der Waals surface area (Å²) in [7, 11) is 0. The maximum atomic E-state index is 6.84. The minimum Gasteiger partial charge on any atom is -0.488 e. The van der Waals surface area contributed by atoms with Crippen molar-refractivity contribution >= 4 is 54.7 Å². The third-order valence-electron chi connectivity index (χ3n) is 7.30. The van der Waals surface area contributed by atoms with E-state index in [0.29, 0.717) is 18.2 Å². The van der Waals surface area contributed by atoms with Crippen molar-refractivity contribution < 1.29 is 9.47 Å². The first-order valence-corrected chi connectivity index (χ1v) is 13.5. The molecule has 0 aliphatic carbocycles. The molecule has 0 saturated carbocycles. The van der Waals surface area contributed by atoms with Crippen molar-refractivity contribution in [2.75, 3.05) is 0 Å². The number of rotatable bonds is 6. The van der Waals surface area contributed by atoms with Crippen LogP contribution in [-0.4, -0.2) is 0 Å². The van der Waals surface area contributed by atoms with Crippen LogP contribution in [0.1, 0.15) is 11.1 Å². The summed E-state index contributed by atoms with van der Waals surface area (Å²) in [4.78, 5) is 0. The van der Waals surface area contributed by atoms with Gasteiger partial charge in [-0.05, 0) is 50.9 Å². The second-order valence-corrected chi connectivity index (χ2v) is 10.2. The highest BCUT2D eigenvalue weighted by atomic mass is 35.5. The molecule has 0 spiro atoms. The van der Waals surface area contributed by atoms with Crippen LogP contribution in [0.15, 0.2) is 127 Å². The van der Waals surface area contributed by atoms with Crippen molar-refractivity contribution in [1.82, 2.24) is 0 Å². The molecule has 0 bridgehead atoms. The molecular weight excluding hydrogens is 500 g/mol. The Morgan fingerprint density at radius 2 is 0.923 bits per heavy atom. The maximum absolute atomic E-state index is 6.84. The molecule has 0 amide bonds. The van der Waals surface area contributed by atoms with E-state index in [4.69, 9.17) is 21.1 Å². The summed E-state index contributed by atoms with van der Waals surface area (Å²) < 4.78 is 13.1. The first-order valence-electron chi connectivity index (χ1n) is 13.1. The Balaban J connectivity index is 1.29. The van der Waals surface area contributed by atoms with Gasteiger partial charge in [0.15, 0.2) is 0 Å². The van der Waals surface area contributed by atoms with Crippen molar-refractivity contribution in [2.24, 2.45) is 0 Å². The Bertz CT molecular complexity index is 1990. The van der Waals surface area contributed by atoms with Crippen LogP contribution >= 0.6 is 11.6 Å². The number of fused-ring (bicyclic) bond motifs is 4. The summed E-state index contributed by atoms with van der Waals surface area (Å²) in [5, 5.41) is 9.27. The van der Waals surface area contributed by atoms with Crippen LogP contribution in [0.3, 0.4) is 0 Å². The van der Waals surface area contributed by atoms with Crippen molar-refractivity contribution in [3.05, 3.63) is 144 Å². The number of benzene rings is 7. The zero-order chi connectivity index (χ0) is 26.2. The second-order valence-electron chi connectivity index (χ2n) is 9.81. The van der Waals surface area contributed by atoms with Gasteiger partial charge in [0.25, 0.3) is 0 Å². The van der Waals surface area contributed by atoms with Crippen LogP contribution in [-0.2, 0) is 13.2 Å². The maximum Gasteiger partial charge on any atom is 0.137 e. The zero-order valence-electron chi connectivity index (χ0n) is 21.2. The van der Waals surface area contributed by atoms with Crippen molar-refractivity contribution in [3.8, 4) is 11.5 Å². The Morgan fingerprint density at radius 3 is 1.54 bits per heavy atom. The molecular formula is C36H25ClO2. The highest BCUT2D eigenvalue weighted by Crippen LogP contribution is 2.46. The number of hydrogen-bond donors (Lipinski definition) is 0. The molecule has 7 aromatic carbocycles. The van der Waals surface area contributed by atoms with Crippen LogP contribution in [0.5, 0.6) is 11.5 Å². The normalized spacial score (nSPS) is 11.4. The number of ether oxygens (including phenoxy) is 2. The lowest BCUT2D eigenvalue weighted by molar-refractivity contribution is 0.308. The smallest absolute Gasteiger partial charge is 0.137 e. The third-order valence-corrected chi connectivity index (χ3v) is 7.61. The summed E-state index contributed by atoms with van der Waals surface area (Å²) in [5.74, 6) is 1.59. The van der Waals surface area contributed by atoms with Crippen molar-refractivity contribution in [2.45, 2.75) is 13.2 Å². The molecule has 0 atom stereocenters. The van der Waals surface area contributed by atoms with Gasteiger partial charge in [-0.25, -0.2) is 0 Å². The molecule has 2 nitrogen and oxygen atoms in total. The fraction of sp³-hybridized carbons (Fsp3) is 0.0556. The van der Waals surface area contributed by atoms with E-state index < -0.39 is 0 Å². The van der Waals surface area contributed by atoms with Crippen LogP contribution in [0.2, 0.25) is 5.02 Å². The predicted molar refractivity (Wildman–Crippen MR) is 163 cm³/mol. The molecule has 0 saturated heterocycles. The van der Waals surface area contributed by atoms with Gasteiger partial charge in [0.2, 0.25) is 0 Å². The monoisotopic (exact) mass is 524 g/mol. The van der Waals surface area contributed by atoms with Crippen molar-refractivity contribution in [1.29, 1.82) is 0 Å². The SMILES string of the molecule is Clc1cccc2c(OCc3ccc4ccccc4c3)c3ccccc3c(OCc3ccc4ccccc4c3)c12. The average Bonchev–Trinajstić information content (AvgIpc) is 2.99. The van der Waals surface area contributed by atoms with E-state index in [2.05, 4.69) is 103 Å². The molecule has 0 radical (unpaired) electrons. The first kappa shape index (κ1) is 23.6. The van der Waals surface area contributed by atoms with E-state index in [1.165, 1.54) is 21.5 Å². The van der Waals surface area contributed by atoms with E-state index in [-0.39, 0.29) is 0 Å². The molecule has 0 fully saturated rings. The molecule has 7 aromatic rings. The molecule has 3 heteroatoms. The van der Waals surface area contributed by atoms with Gasteiger partial charge in [-0.2, -0.15) is 0 Å². The largest absolute Gasteiger partial charge is 0.488 e. The fourth-order valence-corrected chi connectivity index (χ4v) is 5.64. The Kier molecular flexibility index (Phi) is 6.03. The molecule has 0 aromatic heterocycles. The molecule has 0 aliphatic rings. The molecule has 39 heavy (non-hydrogen) atoms. The third kappa shape index (κ3) is 4.43. The molecule has 188 valence electrons. The van der Waals surface area contributed by atoms with Crippen LogP contribution in [0, 0.1) is 0 Å². The van der Waals surface area contributed by atoms with E-state index in [9.17, 15) is 0 Å². The predicted octanol–water partition coefficient (Wildman–Crippen LogP) is 10.1. The van der Waals surface area contributed by atoms with Gasteiger partial charge >= 0.3 is 0 Å². The molecule has 0 heterocycles. The Morgan fingerprint density at radius 1 is 0.436 bits per heavy atom. The fourth-order valence-electron chi connectivity index (χ4n) is 5.38. The Hall–Kier alpha value is -4.53. The molecule has 0 aliphatic heterocycles. The molecule has 0 N–H and O–H groups in total. The van der Waals surface area contributed by atoms with Crippen LogP contribution in [0.4, 0.5) is 0 Å². The Labute approximate surface area is 232 Å². The van der Waals surface area contributed by atoms with Gasteiger partial charge in [-0.15, -0.1) is 0 Å². The summed E-state index contributed by atoms with van der Waals surface area (Å²) in [6.45, 7) is 0.889. The van der Waals surface area contributed by atoms with Crippen LogP contribution in [0.25, 0.3) is 43.1 Å². The topological polar surface area (TPSA) is 18.5 Å².